The number of benzene rings is 1. The van der Waals surface area contributed by atoms with Crippen molar-refractivity contribution in [3.05, 3.63) is 27.7 Å². The quantitative estimate of drug-likeness (QED) is 0.721. The van der Waals surface area contributed by atoms with Crippen molar-refractivity contribution in [2.24, 2.45) is 10.8 Å². The lowest BCUT2D eigenvalue weighted by molar-refractivity contribution is -0.134. The van der Waals surface area contributed by atoms with Gasteiger partial charge in [0.05, 0.1) is 5.02 Å². The van der Waals surface area contributed by atoms with Crippen LogP contribution in [0.2, 0.25) is 5.02 Å². The minimum absolute atomic E-state index is 0.0500. The van der Waals surface area contributed by atoms with E-state index in [1.807, 2.05) is 11.0 Å². The highest BCUT2D eigenvalue weighted by atomic mass is 79.9. The number of hydrogen-bond acceptors (Lipinski definition) is 2. The number of nitrogens with zero attached hydrogens (tertiary/aromatic N) is 1. The van der Waals surface area contributed by atoms with E-state index >= 15 is 0 Å². The van der Waals surface area contributed by atoms with Crippen molar-refractivity contribution in [1.82, 2.24) is 4.90 Å². The molecule has 5 heteroatoms. The first-order valence-electron chi connectivity index (χ1n) is 8.05. The van der Waals surface area contributed by atoms with Gasteiger partial charge in [0.2, 0.25) is 0 Å². The van der Waals surface area contributed by atoms with E-state index in [0.717, 1.165) is 23.9 Å². The highest BCUT2D eigenvalue weighted by Gasteiger charge is 2.50. The lowest BCUT2D eigenvalue weighted by Gasteiger charge is -2.39. The molecule has 0 N–H and O–H groups in total. The van der Waals surface area contributed by atoms with Crippen molar-refractivity contribution in [2.75, 3.05) is 13.2 Å². The summed E-state index contributed by atoms with van der Waals surface area (Å²) in [6, 6.07) is 5.76. The van der Waals surface area contributed by atoms with Gasteiger partial charge in [0.1, 0.15) is 5.75 Å². The zero-order chi connectivity index (χ0) is 16.8. The van der Waals surface area contributed by atoms with Crippen LogP contribution in [-0.4, -0.2) is 30.0 Å². The fourth-order valence-electron chi connectivity index (χ4n) is 4.57. The number of likely N-dealkylation sites (tertiary alicyclic amines) is 1. The molecule has 126 valence electrons. The predicted octanol–water partition coefficient (Wildman–Crippen LogP) is 4.91. The molecule has 1 aliphatic carbocycles. The van der Waals surface area contributed by atoms with Gasteiger partial charge in [-0.05, 0) is 48.3 Å². The molecule has 1 saturated carbocycles. The Morgan fingerprint density at radius 1 is 1.39 bits per heavy atom. The van der Waals surface area contributed by atoms with Crippen molar-refractivity contribution in [1.29, 1.82) is 0 Å². The zero-order valence-corrected chi connectivity index (χ0v) is 16.2. The van der Waals surface area contributed by atoms with Crippen molar-refractivity contribution < 1.29 is 9.53 Å². The predicted molar refractivity (Wildman–Crippen MR) is 95.9 cm³/mol. The number of halogens is 2. The minimum Gasteiger partial charge on any atom is -0.482 e. The summed E-state index contributed by atoms with van der Waals surface area (Å²) in [7, 11) is 0. The maximum Gasteiger partial charge on any atom is 0.260 e. The van der Waals surface area contributed by atoms with Crippen LogP contribution in [0.3, 0.4) is 0 Å². The van der Waals surface area contributed by atoms with Gasteiger partial charge in [0.15, 0.2) is 6.61 Å². The highest BCUT2D eigenvalue weighted by Crippen LogP contribution is 2.52. The summed E-state index contributed by atoms with van der Waals surface area (Å²) in [6.45, 7) is 7.82. The summed E-state index contributed by atoms with van der Waals surface area (Å²) in [5.74, 6) is 0.618. The number of rotatable bonds is 3. The zero-order valence-electron chi connectivity index (χ0n) is 13.9. The molecule has 0 radical (unpaired) electrons. The van der Waals surface area contributed by atoms with E-state index in [9.17, 15) is 4.79 Å². The van der Waals surface area contributed by atoms with E-state index in [1.54, 1.807) is 12.1 Å². The van der Waals surface area contributed by atoms with Crippen LogP contribution < -0.4 is 4.74 Å². The molecule has 0 spiro atoms. The van der Waals surface area contributed by atoms with Crippen LogP contribution >= 0.6 is 27.5 Å². The number of carbonyl (C=O) groups is 1. The fourth-order valence-corrected chi connectivity index (χ4v) is 5.29. The lowest BCUT2D eigenvalue weighted by atomic mass is 9.65. The average Bonchev–Trinajstić information content (AvgIpc) is 2.66. The molecule has 2 aliphatic rings. The van der Waals surface area contributed by atoms with Crippen molar-refractivity contribution in [2.45, 2.75) is 46.1 Å². The molecular weight excluding hydrogens is 378 g/mol. The maximum atomic E-state index is 12.6. The summed E-state index contributed by atoms with van der Waals surface area (Å²) in [6.07, 6.45) is 3.37. The van der Waals surface area contributed by atoms with Crippen molar-refractivity contribution in [3.8, 4) is 5.75 Å². The van der Waals surface area contributed by atoms with E-state index in [0.29, 0.717) is 22.2 Å². The fraction of sp³-hybridized carbons (Fsp3) is 0.611. The molecule has 2 bridgehead atoms. The smallest absolute Gasteiger partial charge is 0.260 e. The van der Waals surface area contributed by atoms with Gasteiger partial charge in [-0.15, -0.1) is 0 Å². The molecule has 1 heterocycles. The van der Waals surface area contributed by atoms with Gasteiger partial charge in [-0.2, -0.15) is 0 Å². The molecule has 3 nitrogen and oxygen atoms in total. The Labute approximate surface area is 151 Å². The van der Waals surface area contributed by atoms with Crippen LogP contribution in [0.4, 0.5) is 0 Å². The Morgan fingerprint density at radius 2 is 2.13 bits per heavy atom. The van der Waals surface area contributed by atoms with Crippen LogP contribution in [0, 0.1) is 10.8 Å². The molecule has 1 aromatic carbocycles. The van der Waals surface area contributed by atoms with E-state index in [4.69, 9.17) is 16.3 Å². The van der Waals surface area contributed by atoms with Gasteiger partial charge >= 0.3 is 0 Å². The summed E-state index contributed by atoms with van der Waals surface area (Å²) in [4.78, 5) is 14.7. The number of carbonyl (C=O) groups excluding carboxylic acids is 1. The second-order valence-electron chi connectivity index (χ2n) is 8.10. The van der Waals surface area contributed by atoms with Crippen molar-refractivity contribution in [3.63, 3.8) is 0 Å². The van der Waals surface area contributed by atoms with Crippen LogP contribution in [0.1, 0.15) is 40.0 Å². The van der Waals surface area contributed by atoms with Gasteiger partial charge in [-0.25, -0.2) is 0 Å². The Morgan fingerprint density at radius 3 is 2.83 bits per heavy atom. The first kappa shape index (κ1) is 17.1. The summed E-state index contributed by atoms with van der Waals surface area (Å²) >= 11 is 9.50. The summed E-state index contributed by atoms with van der Waals surface area (Å²) in [5, 5.41) is 0.514. The third kappa shape index (κ3) is 3.69. The topological polar surface area (TPSA) is 29.5 Å². The SMILES string of the molecule is CC1(C)C[C@@H]2C[C@@](C)(CN2C(=O)COc2ccc(Br)cc2Cl)C1. The molecule has 1 aliphatic heterocycles. The number of hydrogen-bond donors (Lipinski definition) is 0. The van der Waals surface area contributed by atoms with Gasteiger partial charge < -0.3 is 9.64 Å². The average molecular weight is 401 g/mol. The number of amides is 1. The van der Waals surface area contributed by atoms with Crippen LogP contribution in [0.25, 0.3) is 0 Å². The van der Waals surface area contributed by atoms with Gasteiger partial charge in [0.25, 0.3) is 5.91 Å². The Hall–Kier alpha value is -0.740. The van der Waals surface area contributed by atoms with Crippen LogP contribution in [0.5, 0.6) is 5.75 Å². The molecule has 2 atom stereocenters. The molecule has 1 amide bonds. The minimum atomic E-state index is 0.0500. The molecule has 2 fully saturated rings. The van der Waals surface area contributed by atoms with Gasteiger partial charge in [0, 0.05) is 17.1 Å². The lowest BCUT2D eigenvalue weighted by Crippen LogP contribution is -2.40. The molecule has 3 rings (SSSR count). The van der Waals surface area contributed by atoms with Gasteiger partial charge in [-0.3, -0.25) is 4.79 Å². The summed E-state index contributed by atoms with van der Waals surface area (Å²) in [5.41, 5.74) is 0.555. The number of fused-ring (bicyclic) bond motifs is 2. The van der Waals surface area contributed by atoms with Crippen LogP contribution in [0.15, 0.2) is 22.7 Å². The standard InChI is InChI=1S/C18H23BrClNO2/c1-17(2)7-13-8-18(3,10-17)11-21(13)16(22)9-23-15-5-4-12(19)6-14(15)20/h4-6,13H,7-11H2,1-3H3/t13-,18-/m1/s1. The molecule has 1 saturated heterocycles. The second-order valence-corrected chi connectivity index (χ2v) is 9.42. The molecular formula is C18H23BrClNO2. The van der Waals surface area contributed by atoms with Gasteiger partial charge in [-0.1, -0.05) is 48.3 Å². The third-order valence-electron chi connectivity index (χ3n) is 4.98. The van der Waals surface area contributed by atoms with E-state index < -0.39 is 0 Å². The second kappa shape index (κ2) is 5.96. The van der Waals surface area contributed by atoms with Crippen LogP contribution in [-0.2, 0) is 4.79 Å². The Bertz CT molecular complexity index is 633. The Balaban J connectivity index is 1.65. The first-order valence-corrected chi connectivity index (χ1v) is 9.22. The van der Waals surface area contributed by atoms with E-state index in [1.165, 1.54) is 6.42 Å². The van der Waals surface area contributed by atoms with Crippen molar-refractivity contribution >= 4 is 33.4 Å². The highest BCUT2D eigenvalue weighted by molar-refractivity contribution is 9.10. The summed E-state index contributed by atoms with van der Waals surface area (Å²) < 4.78 is 6.55. The molecule has 1 aromatic rings. The first-order chi connectivity index (χ1) is 10.7. The molecule has 23 heavy (non-hydrogen) atoms. The normalized spacial score (nSPS) is 28.7. The Kier molecular flexibility index (Phi) is 4.43. The third-order valence-corrected chi connectivity index (χ3v) is 5.77. The molecule has 0 aromatic heterocycles. The molecule has 0 unspecified atom stereocenters. The maximum absolute atomic E-state index is 12.6. The monoisotopic (exact) mass is 399 g/mol. The van der Waals surface area contributed by atoms with E-state index in [-0.39, 0.29) is 17.9 Å². The largest absolute Gasteiger partial charge is 0.482 e. The van der Waals surface area contributed by atoms with E-state index in [2.05, 4.69) is 36.7 Å². The number of ether oxygens (including phenoxy) is 1.